The number of rotatable bonds is 3. The smallest absolute Gasteiger partial charge is 0.131 e. The maximum atomic E-state index is 13.7. The van der Waals surface area contributed by atoms with Crippen LogP contribution in [0.25, 0.3) is 10.8 Å². The first-order valence-electron chi connectivity index (χ1n) is 5.80. The minimum absolute atomic E-state index is 0.0524. The molecule has 0 saturated heterocycles. The Kier molecular flexibility index (Phi) is 3.53. The van der Waals surface area contributed by atoms with Gasteiger partial charge in [0.25, 0.3) is 0 Å². The number of alkyl halides is 1. The summed E-state index contributed by atoms with van der Waals surface area (Å²) in [6.45, 7) is 4.40. The fourth-order valence-electron chi connectivity index (χ4n) is 2.22. The van der Waals surface area contributed by atoms with E-state index in [1.165, 1.54) is 5.56 Å². The van der Waals surface area contributed by atoms with Crippen molar-refractivity contribution in [3.8, 4) is 0 Å². The molecule has 0 fully saturated rings. The predicted octanol–water partition coefficient (Wildman–Crippen LogP) is 5.04. The fourth-order valence-corrected chi connectivity index (χ4v) is 3.21. The molecule has 0 aliphatic carbocycles. The Labute approximate surface area is 110 Å². The first kappa shape index (κ1) is 12.6. The maximum Gasteiger partial charge on any atom is 0.131 e. The molecule has 0 bridgehead atoms. The van der Waals surface area contributed by atoms with E-state index in [0.29, 0.717) is 5.39 Å². The zero-order valence-corrected chi connectivity index (χ0v) is 11.7. The largest absolute Gasteiger partial charge is 0.206 e. The van der Waals surface area contributed by atoms with Crippen LogP contribution in [0.5, 0.6) is 0 Å². The van der Waals surface area contributed by atoms with Gasteiger partial charge in [-0.25, -0.2) is 4.39 Å². The molecule has 0 atom stereocenters. The molecule has 0 radical (unpaired) electrons. The van der Waals surface area contributed by atoms with Crippen LogP contribution >= 0.6 is 15.9 Å². The molecule has 0 saturated carbocycles. The topological polar surface area (TPSA) is 0 Å². The van der Waals surface area contributed by atoms with Crippen molar-refractivity contribution in [1.82, 2.24) is 0 Å². The van der Waals surface area contributed by atoms with E-state index in [1.807, 2.05) is 30.3 Å². The van der Waals surface area contributed by atoms with Crippen molar-refractivity contribution in [2.24, 2.45) is 0 Å². The number of hydrogen-bond acceptors (Lipinski definition) is 0. The zero-order chi connectivity index (χ0) is 12.5. The summed E-state index contributed by atoms with van der Waals surface area (Å²) in [6, 6.07) is 11.2. The quantitative estimate of drug-likeness (QED) is 0.696. The van der Waals surface area contributed by atoms with Gasteiger partial charge in [0.15, 0.2) is 0 Å². The van der Waals surface area contributed by atoms with Gasteiger partial charge in [-0.3, -0.25) is 0 Å². The van der Waals surface area contributed by atoms with E-state index < -0.39 is 0 Å². The second-order valence-electron chi connectivity index (χ2n) is 4.96. The Morgan fingerprint density at radius 1 is 1.06 bits per heavy atom. The van der Waals surface area contributed by atoms with Gasteiger partial charge in [-0.05, 0) is 28.9 Å². The average Bonchev–Trinajstić information content (AvgIpc) is 2.29. The second-order valence-corrected chi connectivity index (χ2v) is 5.76. The van der Waals surface area contributed by atoms with Crippen LogP contribution in [-0.4, -0.2) is 5.33 Å². The molecule has 2 rings (SSSR count). The molecule has 2 aromatic rings. The number of fused-ring (bicyclic) bond motifs is 1. The molecule has 0 heterocycles. The van der Waals surface area contributed by atoms with Gasteiger partial charge in [-0.1, -0.05) is 60.1 Å². The van der Waals surface area contributed by atoms with Crippen LogP contribution < -0.4 is 0 Å². The number of hydrogen-bond donors (Lipinski definition) is 0. The van der Waals surface area contributed by atoms with Crippen molar-refractivity contribution < 1.29 is 4.39 Å². The summed E-state index contributed by atoms with van der Waals surface area (Å²) < 4.78 is 13.7. The van der Waals surface area contributed by atoms with Gasteiger partial charge < -0.3 is 0 Å². The maximum absolute atomic E-state index is 13.7. The molecule has 0 nitrogen and oxygen atoms in total. The lowest BCUT2D eigenvalue weighted by molar-refractivity contribution is 0.516. The molecule has 2 aromatic carbocycles. The Hall–Kier alpha value is -0.890. The van der Waals surface area contributed by atoms with Crippen molar-refractivity contribution in [3.63, 3.8) is 0 Å². The van der Waals surface area contributed by atoms with Gasteiger partial charge in [-0.15, -0.1) is 0 Å². The highest BCUT2D eigenvalue weighted by Crippen LogP contribution is 2.34. The summed E-state index contributed by atoms with van der Waals surface area (Å²) in [5.74, 6) is -0.140. The SMILES string of the molecule is CC(C)(CCBr)c1ccc(F)c2ccccc12. The van der Waals surface area contributed by atoms with Crippen molar-refractivity contribution in [3.05, 3.63) is 47.8 Å². The summed E-state index contributed by atoms with van der Waals surface area (Å²) >= 11 is 3.49. The van der Waals surface area contributed by atoms with Crippen molar-refractivity contribution in [2.45, 2.75) is 25.7 Å². The minimum atomic E-state index is -0.140. The van der Waals surface area contributed by atoms with Crippen LogP contribution in [0.1, 0.15) is 25.8 Å². The third-order valence-corrected chi connectivity index (χ3v) is 3.72. The molecule has 0 aliphatic heterocycles. The van der Waals surface area contributed by atoms with Gasteiger partial charge in [0.2, 0.25) is 0 Å². The highest BCUT2D eigenvalue weighted by molar-refractivity contribution is 9.09. The van der Waals surface area contributed by atoms with E-state index in [0.717, 1.165) is 17.1 Å². The summed E-state index contributed by atoms with van der Waals surface area (Å²) in [5.41, 5.74) is 1.27. The number of benzene rings is 2. The van der Waals surface area contributed by atoms with Gasteiger partial charge in [0, 0.05) is 10.7 Å². The van der Waals surface area contributed by atoms with Crippen LogP contribution in [0.3, 0.4) is 0 Å². The molecule has 0 unspecified atom stereocenters. The molecule has 90 valence electrons. The van der Waals surface area contributed by atoms with E-state index in [2.05, 4.69) is 29.8 Å². The highest BCUT2D eigenvalue weighted by Gasteiger charge is 2.22. The lowest BCUT2D eigenvalue weighted by atomic mass is 9.79. The van der Waals surface area contributed by atoms with E-state index in [-0.39, 0.29) is 11.2 Å². The van der Waals surface area contributed by atoms with Gasteiger partial charge in [0.1, 0.15) is 5.82 Å². The molecule has 0 spiro atoms. The van der Waals surface area contributed by atoms with E-state index in [9.17, 15) is 4.39 Å². The van der Waals surface area contributed by atoms with Crippen LogP contribution in [-0.2, 0) is 5.41 Å². The predicted molar refractivity (Wildman–Crippen MR) is 75.3 cm³/mol. The molecular formula is C15H16BrF. The molecule has 0 aromatic heterocycles. The van der Waals surface area contributed by atoms with Gasteiger partial charge >= 0.3 is 0 Å². The van der Waals surface area contributed by atoms with Crippen LogP contribution in [0.15, 0.2) is 36.4 Å². The summed E-state index contributed by atoms with van der Waals surface area (Å²) in [7, 11) is 0. The summed E-state index contributed by atoms with van der Waals surface area (Å²) in [5, 5.41) is 2.69. The van der Waals surface area contributed by atoms with Crippen molar-refractivity contribution in [1.29, 1.82) is 0 Å². The molecular weight excluding hydrogens is 279 g/mol. The first-order valence-corrected chi connectivity index (χ1v) is 6.92. The molecule has 0 aliphatic rings. The molecule has 2 heteroatoms. The Morgan fingerprint density at radius 2 is 1.71 bits per heavy atom. The number of halogens is 2. The van der Waals surface area contributed by atoms with Crippen LogP contribution in [0.2, 0.25) is 0 Å². The van der Waals surface area contributed by atoms with Gasteiger partial charge in [0.05, 0.1) is 0 Å². The molecule has 0 N–H and O–H groups in total. The van der Waals surface area contributed by atoms with E-state index in [1.54, 1.807) is 6.07 Å². The average molecular weight is 295 g/mol. The lowest BCUT2D eigenvalue weighted by Crippen LogP contribution is -2.18. The Morgan fingerprint density at radius 3 is 2.35 bits per heavy atom. The Balaban J connectivity index is 2.67. The van der Waals surface area contributed by atoms with Gasteiger partial charge in [-0.2, -0.15) is 0 Å². The van der Waals surface area contributed by atoms with Crippen LogP contribution in [0.4, 0.5) is 4.39 Å². The third-order valence-electron chi connectivity index (χ3n) is 3.32. The van der Waals surface area contributed by atoms with Crippen LogP contribution in [0, 0.1) is 5.82 Å². The normalized spacial score (nSPS) is 12.0. The minimum Gasteiger partial charge on any atom is -0.206 e. The zero-order valence-electron chi connectivity index (χ0n) is 10.1. The first-order chi connectivity index (χ1) is 8.06. The third kappa shape index (κ3) is 2.37. The summed E-state index contributed by atoms with van der Waals surface area (Å²) in [4.78, 5) is 0. The monoisotopic (exact) mass is 294 g/mol. The highest BCUT2D eigenvalue weighted by atomic mass is 79.9. The van der Waals surface area contributed by atoms with Crippen molar-refractivity contribution in [2.75, 3.05) is 5.33 Å². The second kappa shape index (κ2) is 4.77. The summed E-state index contributed by atoms with van der Waals surface area (Å²) in [6.07, 6.45) is 1.03. The molecule has 17 heavy (non-hydrogen) atoms. The fraction of sp³-hybridized carbons (Fsp3) is 0.333. The van der Waals surface area contributed by atoms with E-state index in [4.69, 9.17) is 0 Å². The van der Waals surface area contributed by atoms with Crippen molar-refractivity contribution >= 4 is 26.7 Å². The lowest BCUT2D eigenvalue weighted by Gasteiger charge is -2.26. The Bertz CT molecular complexity index is 531. The standard InChI is InChI=1S/C15H16BrF/c1-15(2,9-10-16)13-7-8-14(17)12-6-4-3-5-11(12)13/h3-8H,9-10H2,1-2H3. The van der Waals surface area contributed by atoms with E-state index >= 15 is 0 Å². The molecule has 0 amide bonds.